The van der Waals surface area contributed by atoms with E-state index in [2.05, 4.69) is 26.0 Å². The van der Waals surface area contributed by atoms with Crippen molar-refractivity contribution in [1.29, 1.82) is 0 Å². The number of hydrogen-bond acceptors (Lipinski definition) is 0. The SMILES string of the molecule is CCCC/C=C/[C@@H](C)C1CCCCC1. The first-order valence-electron chi connectivity index (χ1n) is 6.51. The summed E-state index contributed by atoms with van der Waals surface area (Å²) in [4.78, 5) is 0. The second kappa shape index (κ2) is 7.09. The molecule has 0 radical (unpaired) electrons. The molecular formula is C14H26. The normalized spacial score (nSPS) is 21.6. The van der Waals surface area contributed by atoms with Crippen molar-refractivity contribution in [2.45, 2.75) is 65.2 Å². The van der Waals surface area contributed by atoms with E-state index < -0.39 is 0 Å². The van der Waals surface area contributed by atoms with Gasteiger partial charge < -0.3 is 0 Å². The van der Waals surface area contributed by atoms with Gasteiger partial charge in [-0.25, -0.2) is 0 Å². The maximum atomic E-state index is 2.46. The van der Waals surface area contributed by atoms with Crippen molar-refractivity contribution in [3.8, 4) is 0 Å². The Labute approximate surface area is 89.8 Å². The van der Waals surface area contributed by atoms with E-state index in [0.717, 1.165) is 11.8 Å². The van der Waals surface area contributed by atoms with Gasteiger partial charge in [0.1, 0.15) is 0 Å². The minimum absolute atomic E-state index is 0.826. The summed E-state index contributed by atoms with van der Waals surface area (Å²) in [6.07, 6.45) is 16.2. The van der Waals surface area contributed by atoms with Crippen LogP contribution in [0.25, 0.3) is 0 Å². The van der Waals surface area contributed by atoms with Crippen molar-refractivity contribution in [1.82, 2.24) is 0 Å². The van der Waals surface area contributed by atoms with Crippen LogP contribution in [0.4, 0.5) is 0 Å². The molecule has 0 spiro atoms. The fraction of sp³-hybridized carbons (Fsp3) is 0.857. The lowest BCUT2D eigenvalue weighted by Crippen LogP contribution is -2.13. The summed E-state index contributed by atoms with van der Waals surface area (Å²) in [5, 5.41) is 0. The highest BCUT2D eigenvalue weighted by Gasteiger charge is 2.17. The Morgan fingerprint density at radius 2 is 1.93 bits per heavy atom. The van der Waals surface area contributed by atoms with Crippen molar-refractivity contribution in [3.63, 3.8) is 0 Å². The molecule has 1 fully saturated rings. The van der Waals surface area contributed by atoms with Gasteiger partial charge in [0.25, 0.3) is 0 Å². The Morgan fingerprint density at radius 1 is 1.21 bits per heavy atom. The third kappa shape index (κ3) is 4.30. The molecule has 1 rings (SSSR count). The first-order valence-corrected chi connectivity index (χ1v) is 6.51. The quantitative estimate of drug-likeness (QED) is 0.429. The third-order valence-corrected chi connectivity index (χ3v) is 3.56. The van der Waals surface area contributed by atoms with Crippen LogP contribution in [0.2, 0.25) is 0 Å². The van der Waals surface area contributed by atoms with Crippen molar-refractivity contribution in [2.24, 2.45) is 11.8 Å². The molecule has 0 aliphatic heterocycles. The van der Waals surface area contributed by atoms with Crippen LogP contribution in [-0.2, 0) is 0 Å². The lowest BCUT2D eigenvalue weighted by molar-refractivity contribution is 0.299. The number of unbranched alkanes of at least 4 members (excludes halogenated alkanes) is 2. The van der Waals surface area contributed by atoms with Gasteiger partial charge in [0.2, 0.25) is 0 Å². The second-order valence-corrected chi connectivity index (χ2v) is 4.83. The molecule has 1 aliphatic carbocycles. The standard InChI is InChI=1S/C14H26/c1-3-4-5-7-10-13(2)14-11-8-6-9-12-14/h7,10,13-14H,3-6,8-9,11-12H2,1-2H3/b10-7+/t13-/m1/s1. The van der Waals surface area contributed by atoms with Gasteiger partial charge >= 0.3 is 0 Å². The average Bonchev–Trinajstić information content (AvgIpc) is 2.25. The van der Waals surface area contributed by atoms with Gasteiger partial charge in [-0.15, -0.1) is 0 Å². The van der Waals surface area contributed by atoms with Gasteiger partial charge in [-0.2, -0.15) is 0 Å². The van der Waals surface area contributed by atoms with Gasteiger partial charge in [-0.05, 0) is 31.1 Å². The minimum atomic E-state index is 0.826. The van der Waals surface area contributed by atoms with Gasteiger partial charge in [0.05, 0.1) is 0 Å². The predicted molar refractivity (Wildman–Crippen MR) is 64.4 cm³/mol. The molecule has 14 heavy (non-hydrogen) atoms. The molecule has 0 bridgehead atoms. The van der Waals surface area contributed by atoms with Crippen molar-refractivity contribution in [3.05, 3.63) is 12.2 Å². The van der Waals surface area contributed by atoms with Crippen LogP contribution in [-0.4, -0.2) is 0 Å². The van der Waals surface area contributed by atoms with Gasteiger partial charge in [0.15, 0.2) is 0 Å². The van der Waals surface area contributed by atoms with Crippen LogP contribution in [0, 0.1) is 11.8 Å². The summed E-state index contributed by atoms with van der Waals surface area (Å²) in [6.45, 7) is 4.66. The highest BCUT2D eigenvalue weighted by atomic mass is 14.2. The lowest BCUT2D eigenvalue weighted by Gasteiger charge is -2.25. The van der Waals surface area contributed by atoms with Gasteiger partial charge in [-0.1, -0.05) is 58.1 Å². The van der Waals surface area contributed by atoms with E-state index in [1.807, 2.05) is 0 Å². The van der Waals surface area contributed by atoms with Gasteiger partial charge in [-0.3, -0.25) is 0 Å². The van der Waals surface area contributed by atoms with Crippen molar-refractivity contribution >= 4 is 0 Å². The molecule has 1 atom stereocenters. The summed E-state index contributed by atoms with van der Waals surface area (Å²) in [5.41, 5.74) is 0. The first-order chi connectivity index (χ1) is 6.84. The molecule has 0 aromatic carbocycles. The predicted octanol–water partition coefficient (Wildman–Crippen LogP) is 4.95. The molecule has 0 aromatic heterocycles. The smallest absolute Gasteiger partial charge is 0.0234 e. The fourth-order valence-corrected chi connectivity index (χ4v) is 2.45. The fourth-order valence-electron chi connectivity index (χ4n) is 2.45. The molecule has 0 saturated heterocycles. The van der Waals surface area contributed by atoms with Crippen LogP contribution in [0.5, 0.6) is 0 Å². The molecule has 0 aromatic rings. The van der Waals surface area contributed by atoms with Crippen LogP contribution < -0.4 is 0 Å². The highest BCUT2D eigenvalue weighted by Crippen LogP contribution is 2.30. The van der Waals surface area contributed by atoms with Crippen LogP contribution in [0.3, 0.4) is 0 Å². The number of hydrogen-bond donors (Lipinski definition) is 0. The molecule has 1 saturated carbocycles. The Hall–Kier alpha value is -0.260. The Kier molecular flexibility index (Phi) is 5.98. The summed E-state index contributed by atoms with van der Waals surface area (Å²) in [6, 6.07) is 0. The topological polar surface area (TPSA) is 0 Å². The third-order valence-electron chi connectivity index (χ3n) is 3.56. The zero-order valence-electron chi connectivity index (χ0n) is 9.97. The van der Waals surface area contributed by atoms with E-state index in [-0.39, 0.29) is 0 Å². The van der Waals surface area contributed by atoms with Crippen LogP contribution >= 0.6 is 0 Å². The molecule has 0 heteroatoms. The van der Waals surface area contributed by atoms with E-state index >= 15 is 0 Å². The molecule has 0 heterocycles. The van der Waals surface area contributed by atoms with Crippen LogP contribution in [0.15, 0.2) is 12.2 Å². The molecule has 0 nitrogen and oxygen atoms in total. The maximum absolute atomic E-state index is 2.46. The lowest BCUT2D eigenvalue weighted by atomic mass is 9.81. The molecule has 0 N–H and O–H groups in total. The zero-order chi connectivity index (χ0) is 10.2. The first kappa shape index (κ1) is 11.8. The zero-order valence-corrected chi connectivity index (χ0v) is 9.97. The molecule has 0 amide bonds. The molecule has 1 aliphatic rings. The highest BCUT2D eigenvalue weighted by molar-refractivity contribution is 4.90. The summed E-state index contributed by atoms with van der Waals surface area (Å²) in [5.74, 6) is 1.81. The minimum Gasteiger partial charge on any atom is -0.0883 e. The molecular weight excluding hydrogens is 168 g/mol. The molecule has 0 unspecified atom stereocenters. The summed E-state index contributed by atoms with van der Waals surface area (Å²) < 4.78 is 0. The van der Waals surface area contributed by atoms with Crippen LogP contribution in [0.1, 0.15) is 65.2 Å². The van der Waals surface area contributed by atoms with E-state index in [9.17, 15) is 0 Å². The summed E-state index contributed by atoms with van der Waals surface area (Å²) >= 11 is 0. The Morgan fingerprint density at radius 3 is 2.57 bits per heavy atom. The number of rotatable bonds is 5. The maximum Gasteiger partial charge on any atom is -0.0234 e. The Bertz CT molecular complexity index is 151. The van der Waals surface area contributed by atoms with Crippen molar-refractivity contribution in [2.75, 3.05) is 0 Å². The van der Waals surface area contributed by atoms with E-state index in [0.29, 0.717) is 0 Å². The van der Waals surface area contributed by atoms with Crippen molar-refractivity contribution < 1.29 is 0 Å². The van der Waals surface area contributed by atoms with E-state index in [1.54, 1.807) is 0 Å². The molecule has 82 valence electrons. The monoisotopic (exact) mass is 194 g/mol. The summed E-state index contributed by atoms with van der Waals surface area (Å²) in [7, 11) is 0. The van der Waals surface area contributed by atoms with Gasteiger partial charge in [0, 0.05) is 0 Å². The van der Waals surface area contributed by atoms with E-state index in [1.165, 1.54) is 51.4 Å². The van der Waals surface area contributed by atoms with E-state index in [4.69, 9.17) is 0 Å². The largest absolute Gasteiger partial charge is 0.0883 e. The second-order valence-electron chi connectivity index (χ2n) is 4.83. The number of allylic oxidation sites excluding steroid dienone is 2. The Balaban J connectivity index is 2.18. The average molecular weight is 194 g/mol.